The second kappa shape index (κ2) is 6.28. The summed E-state index contributed by atoms with van der Waals surface area (Å²) < 4.78 is 0. The molecule has 3 nitrogen and oxygen atoms in total. The van der Waals surface area contributed by atoms with Gasteiger partial charge in [0.2, 0.25) is 0 Å². The first kappa shape index (κ1) is 12.7. The molecule has 1 unspecified atom stereocenters. The molecule has 16 heavy (non-hydrogen) atoms. The van der Waals surface area contributed by atoms with Gasteiger partial charge in [-0.15, -0.1) is 0 Å². The first-order chi connectivity index (χ1) is 7.63. The van der Waals surface area contributed by atoms with E-state index in [0.29, 0.717) is 6.04 Å². The predicted octanol–water partition coefficient (Wildman–Crippen LogP) is 2.02. The third-order valence-electron chi connectivity index (χ3n) is 2.79. The summed E-state index contributed by atoms with van der Waals surface area (Å²) in [6, 6.07) is 10.5. The highest BCUT2D eigenvalue weighted by atomic mass is 16.4. The molecule has 0 amide bonds. The second-order valence-corrected chi connectivity index (χ2v) is 4.06. The first-order valence-electron chi connectivity index (χ1n) is 5.59. The number of carboxylic acids is 1. The Kier molecular flexibility index (Phi) is 4.99. The van der Waals surface area contributed by atoms with Gasteiger partial charge in [-0.05, 0) is 25.5 Å². The molecule has 1 rings (SSSR count). The smallest absolute Gasteiger partial charge is 0.317 e. The Labute approximate surface area is 96.7 Å². The molecule has 3 heteroatoms. The fourth-order valence-corrected chi connectivity index (χ4v) is 1.84. The standard InChI is InChI=1S/C13H19NO2/c1-3-12(14(2)10-13(15)16)9-11-7-5-4-6-8-11/h4-8,12H,3,9-10H2,1-2H3,(H,15,16). The van der Waals surface area contributed by atoms with Crippen molar-refractivity contribution < 1.29 is 9.90 Å². The Morgan fingerprint density at radius 3 is 2.50 bits per heavy atom. The van der Waals surface area contributed by atoms with Crippen molar-refractivity contribution in [2.75, 3.05) is 13.6 Å². The van der Waals surface area contributed by atoms with Crippen LogP contribution in [0, 0.1) is 0 Å². The van der Waals surface area contributed by atoms with Crippen molar-refractivity contribution >= 4 is 5.97 Å². The van der Waals surface area contributed by atoms with Crippen LogP contribution in [0.1, 0.15) is 18.9 Å². The van der Waals surface area contributed by atoms with Gasteiger partial charge >= 0.3 is 5.97 Å². The molecule has 1 N–H and O–H groups in total. The van der Waals surface area contributed by atoms with Crippen LogP contribution in [0.5, 0.6) is 0 Å². The quantitative estimate of drug-likeness (QED) is 0.799. The van der Waals surface area contributed by atoms with Crippen LogP contribution in [0.25, 0.3) is 0 Å². The van der Waals surface area contributed by atoms with E-state index in [1.807, 2.05) is 30.1 Å². The number of benzene rings is 1. The van der Waals surface area contributed by atoms with Crippen LogP contribution in [0.2, 0.25) is 0 Å². The van der Waals surface area contributed by atoms with Crippen molar-refractivity contribution in [3.05, 3.63) is 35.9 Å². The summed E-state index contributed by atoms with van der Waals surface area (Å²) in [7, 11) is 1.87. The molecule has 0 saturated carbocycles. The average Bonchev–Trinajstić information content (AvgIpc) is 2.26. The molecule has 0 aliphatic heterocycles. The molecule has 0 spiro atoms. The van der Waals surface area contributed by atoms with Crippen LogP contribution in [-0.4, -0.2) is 35.6 Å². The van der Waals surface area contributed by atoms with Gasteiger partial charge in [0, 0.05) is 6.04 Å². The van der Waals surface area contributed by atoms with E-state index in [9.17, 15) is 4.79 Å². The van der Waals surface area contributed by atoms with Crippen molar-refractivity contribution in [1.82, 2.24) is 4.90 Å². The number of hydrogen-bond donors (Lipinski definition) is 1. The Bertz CT molecular complexity index is 324. The molecule has 88 valence electrons. The van der Waals surface area contributed by atoms with Crippen molar-refractivity contribution in [3.8, 4) is 0 Å². The Morgan fingerprint density at radius 2 is 2.00 bits per heavy atom. The van der Waals surface area contributed by atoms with Crippen LogP contribution < -0.4 is 0 Å². The molecule has 0 aliphatic carbocycles. The lowest BCUT2D eigenvalue weighted by Crippen LogP contribution is -2.36. The number of hydrogen-bond acceptors (Lipinski definition) is 2. The zero-order chi connectivity index (χ0) is 12.0. The highest BCUT2D eigenvalue weighted by Gasteiger charge is 2.15. The summed E-state index contributed by atoms with van der Waals surface area (Å²) in [6.45, 7) is 2.19. The lowest BCUT2D eigenvalue weighted by molar-refractivity contribution is -0.138. The van der Waals surface area contributed by atoms with E-state index in [-0.39, 0.29) is 6.54 Å². The lowest BCUT2D eigenvalue weighted by Gasteiger charge is -2.25. The molecule has 1 aromatic carbocycles. The van der Waals surface area contributed by atoms with Gasteiger partial charge in [0.25, 0.3) is 0 Å². The van der Waals surface area contributed by atoms with E-state index in [0.717, 1.165) is 12.8 Å². The topological polar surface area (TPSA) is 40.5 Å². The van der Waals surface area contributed by atoms with Gasteiger partial charge in [0.15, 0.2) is 0 Å². The van der Waals surface area contributed by atoms with E-state index in [1.54, 1.807) is 0 Å². The van der Waals surface area contributed by atoms with Crippen molar-refractivity contribution in [2.24, 2.45) is 0 Å². The van der Waals surface area contributed by atoms with E-state index in [2.05, 4.69) is 19.1 Å². The molecule has 1 atom stereocenters. The fraction of sp³-hybridized carbons (Fsp3) is 0.462. The molecule has 0 radical (unpaired) electrons. The molecule has 0 aromatic heterocycles. The van der Waals surface area contributed by atoms with Crippen LogP contribution in [0.4, 0.5) is 0 Å². The third-order valence-corrected chi connectivity index (χ3v) is 2.79. The van der Waals surface area contributed by atoms with Crippen LogP contribution in [-0.2, 0) is 11.2 Å². The van der Waals surface area contributed by atoms with Crippen molar-refractivity contribution in [3.63, 3.8) is 0 Å². The SMILES string of the molecule is CCC(Cc1ccccc1)N(C)CC(=O)O. The summed E-state index contributed by atoms with van der Waals surface area (Å²) in [6.07, 6.45) is 1.86. The maximum atomic E-state index is 10.6. The summed E-state index contributed by atoms with van der Waals surface area (Å²) in [5.41, 5.74) is 1.26. The first-order valence-corrected chi connectivity index (χ1v) is 5.59. The number of carbonyl (C=O) groups is 1. The zero-order valence-electron chi connectivity index (χ0n) is 9.89. The van der Waals surface area contributed by atoms with E-state index in [1.165, 1.54) is 5.56 Å². The number of rotatable bonds is 6. The number of aliphatic carboxylic acids is 1. The summed E-state index contributed by atoms with van der Waals surface area (Å²) in [5.74, 6) is -0.769. The van der Waals surface area contributed by atoms with Gasteiger partial charge in [0.1, 0.15) is 0 Å². The minimum absolute atomic E-state index is 0.103. The maximum Gasteiger partial charge on any atom is 0.317 e. The number of nitrogens with zero attached hydrogens (tertiary/aromatic N) is 1. The van der Waals surface area contributed by atoms with Crippen LogP contribution in [0.15, 0.2) is 30.3 Å². The van der Waals surface area contributed by atoms with E-state index < -0.39 is 5.97 Å². The van der Waals surface area contributed by atoms with E-state index in [4.69, 9.17) is 5.11 Å². The van der Waals surface area contributed by atoms with Gasteiger partial charge in [-0.2, -0.15) is 0 Å². The molecule has 1 aromatic rings. The molecule has 0 bridgehead atoms. The normalized spacial score (nSPS) is 12.7. The van der Waals surface area contributed by atoms with Crippen molar-refractivity contribution in [1.29, 1.82) is 0 Å². The Balaban J connectivity index is 2.58. The molecule has 0 aliphatic rings. The molecule has 0 fully saturated rings. The van der Waals surface area contributed by atoms with Gasteiger partial charge in [-0.1, -0.05) is 37.3 Å². The minimum Gasteiger partial charge on any atom is -0.480 e. The van der Waals surface area contributed by atoms with Gasteiger partial charge < -0.3 is 5.11 Å². The Morgan fingerprint density at radius 1 is 1.38 bits per heavy atom. The van der Waals surface area contributed by atoms with Gasteiger partial charge in [-0.25, -0.2) is 0 Å². The highest BCUT2D eigenvalue weighted by molar-refractivity contribution is 5.69. The van der Waals surface area contributed by atoms with E-state index >= 15 is 0 Å². The van der Waals surface area contributed by atoms with Gasteiger partial charge in [-0.3, -0.25) is 9.69 Å². The number of carboxylic acid groups (broad SMARTS) is 1. The Hall–Kier alpha value is -1.35. The van der Waals surface area contributed by atoms with Crippen LogP contribution in [0.3, 0.4) is 0 Å². The molecular weight excluding hydrogens is 202 g/mol. The monoisotopic (exact) mass is 221 g/mol. The highest BCUT2D eigenvalue weighted by Crippen LogP contribution is 2.10. The zero-order valence-corrected chi connectivity index (χ0v) is 9.89. The summed E-state index contributed by atoms with van der Waals surface area (Å²) >= 11 is 0. The second-order valence-electron chi connectivity index (χ2n) is 4.06. The third kappa shape index (κ3) is 4.03. The van der Waals surface area contributed by atoms with Crippen molar-refractivity contribution in [2.45, 2.75) is 25.8 Å². The average molecular weight is 221 g/mol. The summed E-state index contributed by atoms with van der Waals surface area (Å²) in [4.78, 5) is 12.5. The molecular formula is C13H19NO2. The number of likely N-dealkylation sites (N-methyl/N-ethyl adjacent to an activating group) is 1. The predicted molar refractivity (Wildman–Crippen MR) is 64.5 cm³/mol. The molecule has 0 heterocycles. The van der Waals surface area contributed by atoms with Gasteiger partial charge in [0.05, 0.1) is 6.54 Å². The lowest BCUT2D eigenvalue weighted by atomic mass is 10.0. The maximum absolute atomic E-state index is 10.6. The minimum atomic E-state index is -0.769. The fourth-order valence-electron chi connectivity index (χ4n) is 1.84. The molecule has 0 saturated heterocycles. The summed E-state index contributed by atoms with van der Waals surface area (Å²) in [5, 5.41) is 8.75. The van der Waals surface area contributed by atoms with Crippen LogP contribution >= 0.6 is 0 Å². The largest absolute Gasteiger partial charge is 0.480 e.